The van der Waals surface area contributed by atoms with Gasteiger partial charge in [-0.3, -0.25) is 13.9 Å². The molecule has 6 nitrogen and oxygen atoms in total. The highest BCUT2D eigenvalue weighted by Crippen LogP contribution is 2.32. The molecule has 0 N–H and O–H groups in total. The molecular weight excluding hydrogens is 460 g/mol. The van der Waals surface area contributed by atoms with Crippen LogP contribution in [0.15, 0.2) is 77.7 Å². The normalized spacial score (nSPS) is 14.0. The summed E-state index contributed by atoms with van der Waals surface area (Å²) in [6.45, 7) is 3.50. The number of sulfonamides is 1. The van der Waals surface area contributed by atoms with Crippen LogP contribution in [-0.2, 0) is 21.2 Å². The molecule has 0 aliphatic carbocycles. The molecular formula is C25H23ClN2O4S. The van der Waals surface area contributed by atoms with E-state index in [-0.39, 0.29) is 16.6 Å². The summed E-state index contributed by atoms with van der Waals surface area (Å²) in [5.74, 6) is -0.459. The van der Waals surface area contributed by atoms with Crippen molar-refractivity contribution in [3.05, 3.63) is 88.9 Å². The van der Waals surface area contributed by atoms with Crippen LogP contribution < -0.4 is 9.21 Å². The second-order valence-corrected chi connectivity index (χ2v) is 10.2. The molecule has 170 valence electrons. The molecule has 1 heterocycles. The molecule has 0 aromatic heterocycles. The average molecular weight is 483 g/mol. The van der Waals surface area contributed by atoms with Crippen LogP contribution in [0, 0.1) is 0 Å². The summed E-state index contributed by atoms with van der Waals surface area (Å²) in [6, 6.07) is 18.6. The molecule has 0 spiro atoms. The van der Waals surface area contributed by atoms with E-state index in [1.54, 1.807) is 36.1 Å². The number of Topliss-reactive ketones (excluding diaryl/α,β-unsaturated/α-hetero) is 1. The Balaban J connectivity index is 1.77. The van der Waals surface area contributed by atoms with Gasteiger partial charge in [0.05, 0.1) is 10.6 Å². The van der Waals surface area contributed by atoms with Gasteiger partial charge in [0.1, 0.15) is 6.04 Å². The van der Waals surface area contributed by atoms with Crippen molar-refractivity contribution in [1.82, 2.24) is 0 Å². The second-order valence-electron chi connectivity index (χ2n) is 7.90. The lowest BCUT2D eigenvalue weighted by Crippen LogP contribution is -2.49. The van der Waals surface area contributed by atoms with Gasteiger partial charge in [-0.25, -0.2) is 8.42 Å². The average Bonchev–Trinajstić information content (AvgIpc) is 3.23. The van der Waals surface area contributed by atoms with Crippen LogP contribution in [0.4, 0.5) is 11.4 Å². The molecule has 3 aromatic rings. The van der Waals surface area contributed by atoms with Crippen LogP contribution in [-0.4, -0.2) is 32.7 Å². The molecule has 1 aliphatic rings. The number of benzene rings is 3. The minimum Gasteiger partial charge on any atom is -0.310 e. The summed E-state index contributed by atoms with van der Waals surface area (Å²) in [5, 5.41) is 0.407. The number of ketones is 1. The molecule has 1 amide bonds. The van der Waals surface area contributed by atoms with Crippen LogP contribution >= 0.6 is 11.6 Å². The Morgan fingerprint density at radius 1 is 0.970 bits per heavy atom. The molecule has 0 unspecified atom stereocenters. The Hall–Kier alpha value is -3.16. The highest BCUT2D eigenvalue weighted by Gasteiger charge is 2.37. The molecule has 1 atom stereocenters. The zero-order valence-electron chi connectivity index (χ0n) is 18.2. The molecule has 33 heavy (non-hydrogen) atoms. The van der Waals surface area contributed by atoms with Crippen molar-refractivity contribution in [3.8, 4) is 0 Å². The van der Waals surface area contributed by atoms with Crippen LogP contribution in [0.1, 0.15) is 29.8 Å². The summed E-state index contributed by atoms with van der Waals surface area (Å²) >= 11 is 5.95. The summed E-state index contributed by atoms with van der Waals surface area (Å²) in [5.41, 5.74) is 2.60. The van der Waals surface area contributed by atoms with Crippen LogP contribution in [0.3, 0.4) is 0 Å². The molecule has 1 aliphatic heterocycles. The predicted octanol–water partition coefficient (Wildman–Crippen LogP) is 4.72. The fourth-order valence-electron chi connectivity index (χ4n) is 4.03. The third kappa shape index (κ3) is 4.38. The van der Waals surface area contributed by atoms with Gasteiger partial charge >= 0.3 is 0 Å². The van der Waals surface area contributed by atoms with Gasteiger partial charge in [0.25, 0.3) is 15.9 Å². The van der Waals surface area contributed by atoms with E-state index in [1.807, 2.05) is 24.3 Å². The molecule has 8 heteroatoms. The van der Waals surface area contributed by atoms with Gasteiger partial charge < -0.3 is 4.90 Å². The minimum atomic E-state index is -4.11. The number of halogens is 1. The third-order valence-corrected chi connectivity index (χ3v) is 7.93. The first-order valence-corrected chi connectivity index (χ1v) is 12.3. The van der Waals surface area contributed by atoms with Crippen molar-refractivity contribution < 1.29 is 18.0 Å². The van der Waals surface area contributed by atoms with Gasteiger partial charge in [0, 0.05) is 22.8 Å². The molecule has 0 bridgehead atoms. The molecule has 4 rings (SSSR count). The standard InChI is InChI=1S/C25H23ClN2O4S/c1-17(25(30)27-16-15-20-5-3-4-6-24(20)27)28(22-11-7-19(8-12-22)18(2)29)33(31,32)23-13-9-21(26)10-14-23/h3-14,17H,15-16H2,1-2H3/t17-/m1/s1. The number of hydrogen-bond donors (Lipinski definition) is 0. The first-order valence-electron chi connectivity index (χ1n) is 10.5. The number of rotatable bonds is 6. The summed E-state index contributed by atoms with van der Waals surface area (Å²) < 4.78 is 28.5. The molecule has 0 fully saturated rings. The summed E-state index contributed by atoms with van der Waals surface area (Å²) in [7, 11) is -4.11. The minimum absolute atomic E-state index is 0.0176. The van der Waals surface area contributed by atoms with E-state index in [0.717, 1.165) is 15.6 Å². The zero-order valence-corrected chi connectivity index (χ0v) is 19.8. The number of anilines is 2. The van der Waals surface area contributed by atoms with E-state index in [1.165, 1.54) is 31.2 Å². The van der Waals surface area contributed by atoms with Crippen molar-refractivity contribution in [2.45, 2.75) is 31.2 Å². The Labute approximate surface area is 198 Å². The van der Waals surface area contributed by atoms with Crippen molar-refractivity contribution in [2.75, 3.05) is 15.7 Å². The van der Waals surface area contributed by atoms with Gasteiger partial charge in [0.2, 0.25) is 0 Å². The Kier molecular flexibility index (Phi) is 6.28. The van der Waals surface area contributed by atoms with Crippen molar-refractivity contribution in [2.24, 2.45) is 0 Å². The van der Waals surface area contributed by atoms with Crippen molar-refractivity contribution in [1.29, 1.82) is 0 Å². The van der Waals surface area contributed by atoms with Crippen molar-refractivity contribution in [3.63, 3.8) is 0 Å². The molecule has 0 radical (unpaired) electrons. The second kappa shape index (κ2) is 9.00. The van der Waals surface area contributed by atoms with E-state index in [0.29, 0.717) is 29.2 Å². The van der Waals surface area contributed by atoms with E-state index in [2.05, 4.69) is 0 Å². The molecule has 0 saturated heterocycles. The smallest absolute Gasteiger partial charge is 0.265 e. The third-order valence-electron chi connectivity index (χ3n) is 5.76. The topological polar surface area (TPSA) is 74.8 Å². The van der Waals surface area contributed by atoms with E-state index >= 15 is 0 Å². The van der Waals surface area contributed by atoms with Crippen LogP contribution in [0.5, 0.6) is 0 Å². The van der Waals surface area contributed by atoms with Crippen molar-refractivity contribution >= 4 is 44.7 Å². The lowest BCUT2D eigenvalue weighted by molar-refractivity contribution is -0.119. The van der Waals surface area contributed by atoms with Gasteiger partial charge in [-0.05, 0) is 80.4 Å². The van der Waals surface area contributed by atoms with Gasteiger partial charge in [0.15, 0.2) is 5.78 Å². The number of para-hydroxylation sites is 1. The molecule has 3 aromatic carbocycles. The maximum atomic E-state index is 13.7. The first-order chi connectivity index (χ1) is 15.7. The molecule has 0 saturated carbocycles. The summed E-state index contributed by atoms with van der Waals surface area (Å²) in [4.78, 5) is 26.9. The fourth-order valence-corrected chi connectivity index (χ4v) is 5.77. The highest BCUT2D eigenvalue weighted by atomic mass is 35.5. The highest BCUT2D eigenvalue weighted by molar-refractivity contribution is 7.93. The Morgan fingerprint density at radius 2 is 1.61 bits per heavy atom. The quantitative estimate of drug-likeness (QED) is 0.476. The van der Waals surface area contributed by atoms with Crippen LogP contribution in [0.25, 0.3) is 0 Å². The largest absolute Gasteiger partial charge is 0.310 e. The number of fused-ring (bicyclic) bond motifs is 1. The predicted molar refractivity (Wildman–Crippen MR) is 130 cm³/mol. The van der Waals surface area contributed by atoms with Gasteiger partial charge in [-0.1, -0.05) is 29.8 Å². The first kappa shape index (κ1) is 23.0. The van der Waals surface area contributed by atoms with E-state index in [4.69, 9.17) is 11.6 Å². The summed E-state index contributed by atoms with van der Waals surface area (Å²) in [6.07, 6.45) is 0.714. The van der Waals surface area contributed by atoms with Crippen LogP contribution in [0.2, 0.25) is 5.02 Å². The SMILES string of the molecule is CC(=O)c1ccc(N([C@H](C)C(=O)N2CCc3ccccc32)S(=O)(=O)c2ccc(Cl)cc2)cc1. The number of carbonyl (C=O) groups excluding carboxylic acids is 2. The fraction of sp³-hybridized carbons (Fsp3) is 0.200. The monoisotopic (exact) mass is 482 g/mol. The van der Waals surface area contributed by atoms with E-state index in [9.17, 15) is 18.0 Å². The number of nitrogens with zero attached hydrogens (tertiary/aromatic N) is 2. The lowest BCUT2D eigenvalue weighted by atomic mass is 10.1. The zero-order chi connectivity index (χ0) is 23.8. The van der Waals surface area contributed by atoms with Gasteiger partial charge in [-0.2, -0.15) is 0 Å². The maximum absolute atomic E-state index is 13.7. The number of hydrogen-bond acceptors (Lipinski definition) is 4. The van der Waals surface area contributed by atoms with E-state index < -0.39 is 16.1 Å². The Bertz CT molecular complexity index is 1300. The van der Waals surface area contributed by atoms with Gasteiger partial charge in [-0.15, -0.1) is 0 Å². The maximum Gasteiger partial charge on any atom is 0.265 e. The number of amides is 1. The number of carbonyl (C=O) groups is 2. The lowest BCUT2D eigenvalue weighted by Gasteiger charge is -2.32. The Morgan fingerprint density at radius 3 is 2.24 bits per heavy atom.